The van der Waals surface area contributed by atoms with Gasteiger partial charge >= 0.3 is 0 Å². The molecule has 0 saturated heterocycles. The van der Waals surface area contributed by atoms with Crippen molar-refractivity contribution in [2.75, 3.05) is 0 Å². The predicted molar refractivity (Wildman–Crippen MR) is 218 cm³/mol. The Morgan fingerprint density at radius 2 is 0.770 bits per heavy atom. The molecule has 0 bridgehead atoms. The van der Waals surface area contributed by atoms with Crippen molar-refractivity contribution in [3.63, 3.8) is 0 Å². The van der Waals surface area contributed by atoms with Gasteiger partial charge in [0, 0.05) is 70.3 Å². The third-order valence-electron chi connectivity index (χ3n) is 10.1. The molecule has 9 aromatic rings. The first-order chi connectivity index (χ1) is 29.1. The molecule has 0 aliphatic rings. The van der Waals surface area contributed by atoms with Crippen molar-refractivity contribution in [3.05, 3.63) is 128 Å². The van der Waals surface area contributed by atoms with Crippen molar-refractivity contribution < 1.29 is 64.3 Å². The first-order valence-electron chi connectivity index (χ1n) is 17.8. The topological polar surface area (TPSA) is 293 Å². The highest BCUT2D eigenvalue weighted by Gasteiger charge is 2.30. The number of aromatic hydroxyl groups is 10. The molecule has 0 amide bonds. The van der Waals surface area contributed by atoms with Crippen LogP contribution in [0.2, 0.25) is 0 Å². The van der Waals surface area contributed by atoms with Crippen LogP contribution in [0.15, 0.2) is 125 Å². The Morgan fingerprint density at radius 1 is 0.344 bits per heavy atom. The van der Waals surface area contributed by atoms with Gasteiger partial charge in [0.1, 0.15) is 84.7 Å². The van der Waals surface area contributed by atoms with Crippen molar-refractivity contribution in [1.29, 1.82) is 0 Å². The summed E-state index contributed by atoms with van der Waals surface area (Å²) in [6, 6.07) is 19.6. The van der Waals surface area contributed by atoms with Crippen molar-refractivity contribution in [3.8, 4) is 114 Å². The normalized spacial score (nSPS) is 11.5. The molecule has 16 nitrogen and oxygen atoms in total. The van der Waals surface area contributed by atoms with Crippen LogP contribution in [0.1, 0.15) is 0 Å². The quantitative estimate of drug-likeness (QED) is 0.0756. The first-order valence-corrected chi connectivity index (χ1v) is 17.8. The second-order valence-electron chi connectivity index (χ2n) is 13.8. The molecule has 302 valence electrons. The maximum Gasteiger partial charge on any atom is 0.197 e. The lowest BCUT2D eigenvalue weighted by molar-refractivity contribution is 0.404. The monoisotopic (exact) mass is 822 g/mol. The number of fused-ring (bicyclic) bond motifs is 3. The predicted octanol–water partition coefficient (Wildman–Crippen LogP) is 7.40. The van der Waals surface area contributed by atoms with Crippen molar-refractivity contribution in [2.24, 2.45) is 0 Å². The van der Waals surface area contributed by atoms with E-state index in [1.54, 1.807) is 30.3 Å². The molecule has 0 aliphatic carbocycles. The van der Waals surface area contributed by atoms with Gasteiger partial charge < -0.3 is 64.3 Å². The minimum absolute atomic E-state index is 0.122. The number of benzene rings is 6. The van der Waals surface area contributed by atoms with Crippen LogP contribution in [0.3, 0.4) is 0 Å². The molecule has 0 radical (unpaired) electrons. The highest BCUT2D eigenvalue weighted by molar-refractivity contribution is 6.03. The zero-order chi connectivity index (χ0) is 43.2. The summed E-state index contributed by atoms with van der Waals surface area (Å²) in [5.41, 5.74) is -5.73. The summed E-state index contributed by atoms with van der Waals surface area (Å²) in [4.78, 5) is 40.5. The zero-order valence-corrected chi connectivity index (χ0v) is 30.7. The van der Waals surface area contributed by atoms with E-state index >= 15 is 0 Å². The molecule has 16 heteroatoms. The van der Waals surface area contributed by atoms with Gasteiger partial charge in [-0.25, -0.2) is 0 Å². The van der Waals surface area contributed by atoms with E-state index in [9.17, 15) is 65.4 Å². The maximum atomic E-state index is 14.0. The van der Waals surface area contributed by atoms with Gasteiger partial charge in [0.05, 0.1) is 11.1 Å². The van der Waals surface area contributed by atoms with E-state index in [4.69, 9.17) is 13.3 Å². The summed E-state index contributed by atoms with van der Waals surface area (Å²) in [6.07, 6.45) is 0. The lowest BCUT2D eigenvalue weighted by atomic mass is 9.92. The molecule has 0 spiro atoms. The Bertz CT molecular complexity index is 3550. The molecule has 61 heavy (non-hydrogen) atoms. The average molecular weight is 823 g/mol. The minimum Gasteiger partial charge on any atom is -0.508 e. The van der Waals surface area contributed by atoms with Crippen LogP contribution in [-0.2, 0) is 0 Å². The number of hydrogen-bond acceptors (Lipinski definition) is 16. The van der Waals surface area contributed by atoms with Gasteiger partial charge in [-0.3, -0.25) is 14.4 Å². The number of rotatable bonds is 5. The third kappa shape index (κ3) is 5.81. The largest absolute Gasteiger partial charge is 0.508 e. The second-order valence-corrected chi connectivity index (χ2v) is 13.8. The van der Waals surface area contributed by atoms with Gasteiger partial charge in [-0.1, -0.05) is 30.3 Å². The van der Waals surface area contributed by atoms with Crippen molar-refractivity contribution >= 4 is 32.9 Å². The smallest absolute Gasteiger partial charge is 0.197 e. The zero-order valence-electron chi connectivity index (χ0n) is 30.7. The third-order valence-corrected chi connectivity index (χ3v) is 10.1. The fourth-order valence-corrected chi connectivity index (χ4v) is 7.41. The molecule has 3 aromatic heterocycles. The van der Waals surface area contributed by atoms with Crippen LogP contribution in [0.4, 0.5) is 0 Å². The number of hydrogen-bond donors (Lipinski definition) is 10. The first kappa shape index (κ1) is 37.5. The van der Waals surface area contributed by atoms with Crippen molar-refractivity contribution in [1.82, 2.24) is 0 Å². The standard InChI is InChI=1S/C45H26O16/c46-18-10-23(49)37-24(50)13-30(60-32(37)11-18)19-6-8-21(47)42(55)35(19)41-28(54)16-34-39(45(41)58)26(52)14-31(61-34)20-7-9-22(48)43(56)36(20)40-27(53)15-33-38(44(40)57)25(51)12-29(59-33)17-4-2-1-3-5-17/h1-16,46-49,53-58H. The summed E-state index contributed by atoms with van der Waals surface area (Å²) in [6.45, 7) is 0. The fourth-order valence-electron chi connectivity index (χ4n) is 7.41. The maximum absolute atomic E-state index is 14.0. The Labute approximate surface area is 338 Å². The van der Waals surface area contributed by atoms with E-state index in [0.29, 0.717) is 5.56 Å². The molecule has 0 aliphatic heterocycles. The SMILES string of the molecule is O=c1cc(-c2ccc(O)c(O)c2-c2c(O)cc3oc(-c4ccc(O)c(O)c4-c4c(O)cc5oc(-c6ccccc6)cc(=O)c5c4O)cc(=O)c3c2O)oc2cc(O)cc(O)c12. The van der Waals surface area contributed by atoms with Gasteiger partial charge in [0.25, 0.3) is 0 Å². The van der Waals surface area contributed by atoms with E-state index in [-0.39, 0.29) is 39.2 Å². The van der Waals surface area contributed by atoms with Crippen LogP contribution in [-0.4, -0.2) is 51.1 Å². The molecular formula is C45H26O16. The Hall–Kier alpha value is -9.05. The molecule has 0 atom stereocenters. The summed E-state index contributed by atoms with van der Waals surface area (Å²) >= 11 is 0. The van der Waals surface area contributed by atoms with Gasteiger partial charge in [0.2, 0.25) is 0 Å². The second kappa shape index (κ2) is 13.5. The lowest BCUT2D eigenvalue weighted by Crippen LogP contribution is -2.04. The molecule has 0 saturated carbocycles. The van der Waals surface area contributed by atoms with Crippen LogP contribution in [0.25, 0.3) is 89.1 Å². The van der Waals surface area contributed by atoms with E-state index in [0.717, 1.165) is 66.7 Å². The summed E-state index contributed by atoms with van der Waals surface area (Å²) in [5, 5.41) is 108. The Morgan fingerprint density at radius 3 is 1.26 bits per heavy atom. The Kier molecular flexibility index (Phi) is 8.32. The van der Waals surface area contributed by atoms with Crippen LogP contribution >= 0.6 is 0 Å². The Balaban J connectivity index is 1.23. The molecule has 10 N–H and O–H groups in total. The number of phenols is 10. The minimum atomic E-state index is -1.00. The molecular weight excluding hydrogens is 796 g/mol. The lowest BCUT2D eigenvalue weighted by Gasteiger charge is -2.18. The van der Waals surface area contributed by atoms with E-state index in [1.165, 1.54) is 0 Å². The molecule has 0 unspecified atom stereocenters. The summed E-state index contributed by atoms with van der Waals surface area (Å²) < 4.78 is 17.6. The van der Waals surface area contributed by atoms with Crippen LogP contribution in [0, 0.1) is 0 Å². The van der Waals surface area contributed by atoms with Crippen LogP contribution in [0.5, 0.6) is 57.5 Å². The van der Waals surface area contributed by atoms with Crippen molar-refractivity contribution in [2.45, 2.75) is 0 Å². The highest BCUT2D eigenvalue weighted by atomic mass is 16.4. The average Bonchev–Trinajstić information content (AvgIpc) is 3.20. The molecule has 3 heterocycles. The van der Waals surface area contributed by atoms with E-state index in [1.807, 2.05) is 0 Å². The van der Waals surface area contributed by atoms with Gasteiger partial charge in [-0.2, -0.15) is 0 Å². The van der Waals surface area contributed by atoms with Crippen LogP contribution < -0.4 is 16.3 Å². The fraction of sp³-hybridized carbons (Fsp3) is 0. The molecule has 6 aromatic carbocycles. The molecule has 9 rings (SSSR count). The van der Waals surface area contributed by atoms with Gasteiger partial charge in [0.15, 0.2) is 39.3 Å². The summed E-state index contributed by atoms with van der Waals surface area (Å²) in [5.74, 6) is -8.48. The molecule has 0 fully saturated rings. The van der Waals surface area contributed by atoms with E-state index in [2.05, 4.69) is 0 Å². The van der Waals surface area contributed by atoms with Gasteiger partial charge in [-0.15, -0.1) is 0 Å². The summed E-state index contributed by atoms with van der Waals surface area (Å²) in [7, 11) is 0. The highest BCUT2D eigenvalue weighted by Crippen LogP contribution is 2.54. The van der Waals surface area contributed by atoms with E-state index < -0.39 is 118 Å². The number of phenolic OH excluding ortho intramolecular Hbond substituents is 10. The van der Waals surface area contributed by atoms with Gasteiger partial charge in [-0.05, 0) is 24.3 Å².